The average molecular weight is 402 g/mol. The standard InChI is InChI=1S/C21H24ClN3O3/c22-18-6-1-2-7-19(18)28-14-4-8-20(26)25-12-9-17(10-13-25)24-21(27)16-5-3-11-23-15-16/h1-3,5-7,11,15,17H,4,8-10,12-14H2,(H,24,27). The first-order valence-electron chi connectivity index (χ1n) is 9.49. The quantitative estimate of drug-likeness (QED) is 0.722. The highest BCUT2D eigenvalue weighted by Crippen LogP contribution is 2.23. The lowest BCUT2D eigenvalue weighted by atomic mass is 10.0. The number of aromatic nitrogens is 1. The fourth-order valence-electron chi connectivity index (χ4n) is 3.16. The van der Waals surface area contributed by atoms with Crippen molar-refractivity contribution in [3.63, 3.8) is 0 Å². The van der Waals surface area contributed by atoms with Crippen LogP contribution < -0.4 is 10.1 Å². The number of piperidine rings is 1. The van der Waals surface area contributed by atoms with Gasteiger partial charge in [-0.25, -0.2) is 0 Å². The number of likely N-dealkylation sites (tertiary alicyclic amines) is 1. The molecule has 0 aliphatic carbocycles. The summed E-state index contributed by atoms with van der Waals surface area (Å²) in [5, 5.41) is 3.59. The van der Waals surface area contributed by atoms with E-state index in [1.807, 2.05) is 23.1 Å². The molecule has 2 amide bonds. The van der Waals surface area contributed by atoms with Crippen LogP contribution in [0, 0.1) is 0 Å². The van der Waals surface area contributed by atoms with Crippen molar-refractivity contribution in [3.8, 4) is 5.75 Å². The zero-order valence-electron chi connectivity index (χ0n) is 15.6. The zero-order chi connectivity index (χ0) is 19.8. The first-order valence-corrected chi connectivity index (χ1v) is 9.87. The SMILES string of the molecule is O=C(NC1CCN(C(=O)CCCOc2ccccc2Cl)CC1)c1cccnc1. The van der Waals surface area contributed by atoms with Gasteiger partial charge in [0.25, 0.3) is 5.91 Å². The van der Waals surface area contributed by atoms with Crippen molar-refractivity contribution < 1.29 is 14.3 Å². The smallest absolute Gasteiger partial charge is 0.253 e. The summed E-state index contributed by atoms with van der Waals surface area (Å²) in [5.74, 6) is 0.649. The molecule has 6 nitrogen and oxygen atoms in total. The van der Waals surface area contributed by atoms with E-state index in [9.17, 15) is 9.59 Å². The summed E-state index contributed by atoms with van der Waals surface area (Å²) in [7, 11) is 0. The summed E-state index contributed by atoms with van der Waals surface area (Å²) in [6.07, 6.45) is 5.79. The molecular formula is C21H24ClN3O3. The molecule has 148 valence electrons. The number of pyridine rings is 1. The van der Waals surface area contributed by atoms with Crippen molar-refractivity contribution in [3.05, 3.63) is 59.4 Å². The van der Waals surface area contributed by atoms with Gasteiger partial charge >= 0.3 is 0 Å². The predicted octanol–water partition coefficient (Wildman–Crippen LogP) is 3.32. The van der Waals surface area contributed by atoms with Crippen molar-refractivity contribution in [2.24, 2.45) is 0 Å². The zero-order valence-corrected chi connectivity index (χ0v) is 16.4. The van der Waals surface area contributed by atoms with Crippen LogP contribution in [0.2, 0.25) is 5.02 Å². The van der Waals surface area contributed by atoms with Gasteiger partial charge in [0, 0.05) is 37.9 Å². The lowest BCUT2D eigenvalue weighted by Crippen LogP contribution is -2.46. The predicted molar refractivity (Wildman–Crippen MR) is 107 cm³/mol. The molecule has 1 saturated heterocycles. The highest BCUT2D eigenvalue weighted by Gasteiger charge is 2.23. The minimum atomic E-state index is -0.116. The minimum absolute atomic E-state index is 0.0836. The monoisotopic (exact) mass is 401 g/mol. The van der Waals surface area contributed by atoms with Gasteiger partial charge in [0.15, 0.2) is 0 Å². The van der Waals surface area contributed by atoms with Crippen LogP contribution in [0.15, 0.2) is 48.8 Å². The number of benzene rings is 1. The first-order chi connectivity index (χ1) is 13.6. The second kappa shape index (κ2) is 10.1. The van der Waals surface area contributed by atoms with Crippen LogP contribution in [0.5, 0.6) is 5.75 Å². The second-order valence-electron chi connectivity index (χ2n) is 6.75. The summed E-state index contributed by atoms with van der Waals surface area (Å²) >= 11 is 6.04. The number of carbonyl (C=O) groups is 2. The Morgan fingerprint density at radius 2 is 1.96 bits per heavy atom. The highest BCUT2D eigenvalue weighted by molar-refractivity contribution is 6.32. The molecule has 1 fully saturated rings. The Morgan fingerprint density at radius 1 is 1.18 bits per heavy atom. The summed E-state index contributed by atoms with van der Waals surface area (Å²) < 4.78 is 5.62. The molecule has 2 aromatic rings. The Labute approximate surface area is 169 Å². The van der Waals surface area contributed by atoms with Crippen LogP contribution in [0.4, 0.5) is 0 Å². The number of hydrogen-bond donors (Lipinski definition) is 1. The van der Waals surface area contributed by atoms with Crippen molar-refractivity contribution in [2.75, 3.05) is 19.7 Å². The molecule has 0 saturated carbocycles. The summed E-state index contributed by atoms with van der Waals surface area (Å²) in [4.78, 5) is 30.4. The summed E-state index contributed by atoms with van der Waals surface area (Å²) in [6.45, 7) is 1.76. The van der Waals surface area contributed by atoms with E-state index in [1.54, 1.807) is 30.6 Å². The van der Waals surface area contributed by atoms with Crippen LogP contribution in [-0.4, -0.2) is 47.4 Å². The molecule has 2 heterocycles. The minimum Gasteiger partial charge on any atom is -0.492 e. The Bertz CT molecular complexity index is 792. The number of amides is 2. The molecule has 1 aromatic heterocycles. The first kappa shape index (κ1) is 20.1. The van der Waals surface area contributed by atoms with Gasteiger partial charge in [0.05, 0.1) is 17.2 Å². The average Bonchev–Trinajstić information content (AvgIpc) is 2.73. The number of nitrogens with zero attached hydrogens (tertiary/aromatic N) is 2. The third-order valence-electron chi connectivity index (χ3n) is 4.74. The number of halogens is 1. The maximum absolute atomic E-state index is 12.4. The molecule has 0 radical (unpaired) electrons. The van der Waals surface area contributed by atoms with E-state index in [-0.39, 0.29) is 17.9 Å². The fourth-order valence-corrected chi connectivity index (χ4v) is 3.35. The maximum atomic E-state index is 12.4. The van der Waals surface area contributed by atoms with Crippen LogP contribution in [0.3, 0.4) is 0 Å². The van der Waals surface area contributed by atoms with E-state index in [2.05, 4.69) is 10.3 Å². The van der Waals surface area contributed by atoms with Crippen LogP contribution in [0.1, 0.15) is 36.0 Å². The lowest BCUT2D eigenvalue weighted by Gasteiger charge is -2.32. The number of nitrogens with one attached hydrogen (secondary N) is 1. The van der Waals surface area contributed by atoms with Crippen molar-refractivity contribution in [2.45, 2.75) is 31.7 Å². The Kier molecular flexibility index (Phi) is 7.25. The van der Waals surface area contributed by atoms with Gasteiger partial charge in [-0.15, -0.1) is 0 Å². The highest BCUT2D eigenvalue weighted by atomic mass is 35.5. The summed E-state index contributed by atoms with van der Waals surface area (Å²) in [6, 6.07) is 10.9. The van der Waals surface area contributed by atoms with E-state index >= 15 is 0 Å². The lowest BCUT2D eigenvalue weighted by molar-refractivity contribution is -0.132. The molecule has 1 N–H and O–H groups in total. The molecule has 0 unspecified atom stereocenters. The van der Waals surface area contributed by atoms with E-state index in [1.165, 1.54) is 0 Å². The molecule has 1 aromatic carbocycles. The molecule has 0 bridgehead atoms. The normalized spacial score (nSPS) is 14.5. The second-order valence-corrected chi connectivity index (χ2v) is 7.16. The van der Waals surface area contributed by atoms with Crippen LogP contribution in [0.25, 0.3) is 0 Å². The van der Waals surface area contributed by atoms with Crippen LogP contribution in [-0.2, 0) is 4.79 Å². The fraction of sp³-hybridized carbons (Fsp3) is 0.381. The Balaban J connectivity index is 1.34. The van der Waals surface area contributed by atoms with Gasteiger partial charge in [-0.05, 0) is 43.5 Å². The molecule has 1 aliphatic heterocycles. The number of ether oxygens (including phenoxy) is 1. The van der Waals surface area contributed by atoms with Gasteiger partial charge in [0.2, 0.25) is 5.91 Å². The molecule has 7 heteroatoms. The molecule has 28 heavy (non-hydrogen) atoms. The third-order valence-corrected chi connectivity index (χ3v) is 5.05. The molecule has 1 aliphatic rings. The Hall–Kier alpha value is -2.60. The van der Waals surface area contributed by atoms with Gasteiger partial charge in [-0.2, -0.15) is 0 Å². The van der Waals surface area contributed by atoms with E-state index < -0.39 is 0 Å². The van der Waals surface area contributed by atoms with Gasteiger partial charge in [0.1, 0.15) is 5.75 Å². The molecule has 0 spiro atoms. The van der Waals surface area contributed by atoms with Crippen molar-refractivity contribution in [1.82, 2.24) is 15.2 Å². The molecular weight excluding hydrogens is 378 g/mol. The summed E-state index contributed by atoms with van der Waals surface area (Å²) in [5.41, 5.74) is 0.555. The number of para-hydroxylation sites is 1. The number of rotatable bonds is 7. The Morgan fingerprint density at radius 3 is 2.68 bits per heavy atom. The van der Waals surface area contributed by atoms with Crippen molar-refractivity contribution >= 4 is 23.4 Å². The molecule has 0 atom stereocenters. The number of carbonyl (C=O) groups excluding carboxylic acids is 2. The molecule has 3 rings (SSSR count). The van der Waals surface area contributed by atoms with Gasteiger partial charge < -0.3 is 15.0 Å². The third kappa shape index (κ3) is 5.70. The van der Waals surface area contributed by atoms with Crippen molar-refractivity contribution in [1.29, 1.82) is 0 Å². The number of hydrogen-bond acceptors (Lipinski definition) is 4. The van der Waals surface area contributed by atoms with Gasteiger partial charge in [-0.3, -0.25) is 14.6 Å². The van der Waals surface area contributed by atoms with Gasteiger partial charge in [-0.1, -0.05) is 23.7 Å². The van der Waals surface area contributed by atoms with E-state index in [0.717, 1.165) is 12.8 Å². The van der Waals surface area contributed by atoms with E-state index in [4.69, 9.17) is 16.3 Å². The topological polar surface area (TPSA) is 71.5 Å². The van der Waals surface area contributed by atoms with Crippen LogP contribution >= 0.6 is 11.6 Å². The largest absolute Gasteiger partial charge is 0.492 e. The van der Waals surface area contributed by atoms with E-state index in [0.29, 0.717) is 48.9 Å². The maximum Gasteiger partial charge on any atom is 0.253 e.